The van der Waals surface area contributed by atoms with Gasteiger partial charge in [-0.2, -0.15) is 11.8 Å². The Bertz CT molecular complexity index is 484. The Hall–Kier alpha value is -0.590. The molecular formula is C14H19BrN2O2S. The van der Waals surface area contributed by atoms with Crippen molar-refractivity contribution in [3.63, 3.8) is 0 Å². The van der Waals surface area contributed by atoms with E-state index < -0.39 is 0 Å². The molecule has 0 aromatic heterocycles. The van der Waals surface area contributed by atoms with Crippen LogP contribution >= 0.6 is 27.7 Å². The molecule has 0 radical (unpaired) electrons. The van der Waals surface area contributed by atoms with E-state index in [0.29, 0.717) is 17.1 Å². The Morgan fingerprint density at radius 1 is 1.50 bits per heavy atom. The molecule has 1 aromatic rings. The number of thioether (sulfide) groups is 1. The monoisotopic (exact) mass is 358 g/mol. The van der Waals surface area contributed by atoms with E-state index in [-0.39, 0.29) is 10.6 Å². The summed E-state index contributed by atoms with van der Waals surface area (Å²) in [6.45, 7) is 0.694. The molecule has 20 heavy (non-hydrogen) atoms. The van der Waals surface area contributed by atoms with E-state index in [2.05, 4.69) is 27.5 Å². The summed E-state index contributed by atoms with van der Waals surface area (Å²) in [5, 5.41) is 15.2. The zero-order chi connectivity index (χ0) is 14.5. The van der Waals surface area contributed by atoms with Gasteiger partial charge in [-0.1, -0.05) is 12.5 Å². The second-order valence-electron chi connectivity index (χ2n) is 5.15. The molecule has 2 atom stereocenters. The lowest BCUT2D eigenvalue weighted by molar-refractivity contribution is -0.385. The number of nitrogens with one attached hydrogen (secondary N) is 1. The molecule has 4 nitrogen and oxygen atoms in total. The number of hydrogen-bond donors (Lipinski definition) is 1. The van der Waals surface area contributed by atoms with Gasteiger partial charge in [0.05, 0.1) is 9.40 Å². The van der Waals surface area contributed by atoms with Crippen LogP contribution in [-0.4, -0.2) is 22.5 Å². The smallest absolute Gasteiger partial charge is 0.283 e. The molecule has 1 aromatic carbocycles. The zero-order valence-corrected chi connectivity index (χ0v) is 13.9. The average Bonchev–Trinajstić information content (AvgIpc) is 2.46. The molecule has 1 N–H and O–H groups in total. The van der Waals surface area contributed by atoms with Crippen molar-refractivity contribution >= 4 is 33.4 Å². The molecule has 0 bridgehead atoms. The maximum absolute atomic E-state index is 10.9. The molecule has 0 aliphatic heterocycles. The Morgan fingerprint density at radius 3 is 3.00 bits per heavy atom. The van der Waals surface area contributed by atoms with Crippen LogP contribution in [0.5, 0.6) is 0 Å². The predicted octanol–water partition coefficient (Wildman–Crippen LogP) is 4.12. The van der Waals surface area contributed by atoms with Crippen molar-refractivity contribution in [2.45, 2.75) is 43.5 Å². The number of nitro benzene ring substituents is 1. The molecule has 2 rings (SSSR count). The molecule has 0 unspecified atom stereocenters. The van der Waals surface area contributed by atoms with Crippen molar-refractivity contribution in [1.29, 1.82) is 0 Å². The fourth-order valence-electron chi connectivity index (χ4n) is 2.61. The number of hydrogen-bond acceptors (Lipinski definition) is 4. The topological polar surface area (TPSA) is 55.2 Å². The van der Waals surface area contributed by atoms with Gasteiger partial charge in [-0.25, -0.2) is 0 Å². The van der Waals surface area contributed by atoms with E-state index in [9.17, 15) is 10.1 Å². The van der Waals surface area contributed by atoms with Gasteiger partial charge >= 0.3 is 0 Å². The lowest BCUT2D eigenvalue weighted by Gasteiger charge is -2.28. The third-order valence-electron chi connectivity index (χ3n) is 3.76. The van der Waals surface area contributed by atoms with Crippen molar-refractivity contribution in [3.05, 3.63) is 38.3 Å². The van der Waals surface area contributed by atoms with E-state index in [0.717, 1.165) is 10.8 Å². The predicted molar refractivity (Wildman–Crippen MR) is 87.2 cm³/mol. The van der Waals surface area contributed by atoms with Crippen molar-refractivity contribution in [2.75, 3.05) is 6.26 Å². The van der Waals surface area contributed by atoms with Crippen LogP contribution in [0, 0.1) is 10.1 Å². The van der Waals surface area contributed by atoms with Crippen LogP contribution in [0.2, 0.25) is 0 Å². The maximum atomic E-state index is 10.9. The summed E-state index contributed by atoms with van der Waals surface area (Å²) in [6, 6.07) is 5.86. The van der Waals surface area contributed by atoms with E-state index in [1.807, 2.05) is 17.8 Å². The minimum Gasteiger partial charge on any atom is -0.310 e. The second-order valence-corrected chi connectivity index (χ2v) is 7.14. The van der Waals surface area contributed by atoms with E-state index in [1.165, 1.54) is 25.7 Å². The summed E-state index contributed by atoms with van der Waals surface area (Å²) in [5.41, 5.74) is 1.10. The van der Waals surface area contributed by atoms with Crippen LogP contribution in [-0.2, 0) is 6.54 Å². The first-order valence-electron chi connectivity index (χ1n) is 6.79. The molecule has 1 fully saturated rings. The molecule has 1 saturated carbocycles. The summed E-state index contributed by atoms with van der Waals surface area (Å²) in [7, 11) is 0. The lowest BCUT2D eigenvalue weighted by atomic mass is 9.95. The maximum Gasteiger partial charge on any atom is 0.283 e. The second kappa shape index (κ2) is 7.43. The van der Waals surface area contributed by atoms with Gasteiger partial charge in [0.25, 0.3) is 5.69 Å². The Morgan fingerprint density at radius 2 is 2.30 bits per heavy atom. The van der Waals surface area contributed by atoms with Gasteiger partial charge < -0.3 is 5.32 Å². The average molecular weight is 359 g/mol. The summed E-state index contributed by atoms with van der Waals surface area (Å²) in [6.07, 6.45) is 7.15. The summed E-state index contributed by atoms with van der Waals surface area (Å²) in [5.74, 6) is 0. The van der Waals surface area contributed by atoms with Gasteiger partial charge in [-0.15, -0.1) is 0 Å². The molecule has 110 valence electrons. The molecule has 1 aliphatic carbocycles. The summed E-state index contributed by atoms with van der Waals surface area (Å²) in [4.78, 5) is 10.6. The highest BCUT2D eigenvalue weighted by atomic mass is 79.9. The largest absolute Gasteiger partial charge is 0.310 e. The van der Waals surface area contributed by atoms with Crippen molar-refractivity contribution < 1.29 is 4.92 Å². The summed E-state index contributed by atoms with van der Waals surface area (Å²) >= 11 is 5.16. The van der Waals surface area contributed by atoms with Crippen LogP contribution in [0.3, 0.4) is 0 Å². The standard InChI is InChI=1S/C14H19BrN2O2S/c1-20-12-4-2-3-11(8-12)16-9-10-5-6-13(15)14(7-10)17(18)19/h5-7,11-12,16H,2-4,8-9H2,1H3/t11-,12-/m0/s1. The number of benzene rings is 1. The first-order valence-corrected chi connectivity index (χ1v) is 8.87. The summed E-state index contributed by atoms with van der Waals surface area (Å²) < 4.78 is 0.534. The fraction of sp³-hybridized carbons (Fsp3) is 0.571. The van der Waals surface area contributed by atoms with Crippen molar-refractivity contribution in [2.24, 2.45) is 0 Å². The fourth-order valence-corrected chi connectivity index (χ4v) is 3.83. The SMILES string of the molecule is CS[C@H]1CCC[C@H](NCc2ccc(Br)c([N+](=O)[O-])c2)C1. The van der Waals surface area contributed by atoms with Gasteiger partial charge in [0.15, 0.2) is 0 Å². The molecule has 1 aliphatic rings. The molecular weight excluding hydrogens is 340 g/mol. The van der Waals surface area contributed by atoms with Crippen LogP contribution < -0.4 is 5.32 Å². The normalized spacial score (nSPS) is 22.7. The Labute approximate surface area is 132 Å². The van der Waals surface area contributed by atoms with Crippen LogP contribution in [0.25, 0.3) is 0 Å². The van der Waals surface area contributed by atoms with E-state index in [4.69, 9.17) is 0 Å². The highest BCUT2D eigenvalue weighted by molar-refractivity contribution is 9.10. The van der Waals surface area contributed by atoms with Gasteiger partial charge in [0.1, 0.15) is 0 Å². The Balaban J connectivity index is 1.93. The van der Waals surface area contributed by atoms with Crippen LogP contribution in [0.4, 0.5) is 5.69 Å². The number of rotatable bonds is 5. The molecule has 0 amide bonds. The van der Waals surface area contributed by atoms with Gasteiger partial charge in [0.2, 0.25) is 0 Å². The minimum absolute atomic E-state index is 0.134. The number of nitro groups is 1. The van der Waals surface area contributed by atoms with E-state index in [1.54, 1.807) is 12.1 Å². The van der Waals surface area contributed by atoms with Crippen LogP contribution in [0.1, 0.15) is 31.2 Å². The third-order valence-corrected chi connectivity index (χ3v) is 5.53. The third kappa shape index (κ3) is 4.20. The molecule has 0 heterocycles. The highest BCUT2D eigenvalue weighted by Gasteiger charge is 2.21. The number of nitrogens with zero attached hydrogens (tertiary/aromatic N) is 1. The van der Waals surface area contributed by atoms with E-state index >= 15 is 0 Å². The van der Waals surface area contributed by atoms with Gasteiger partial charge in [-0.3, -0.25) is 10.1 Å². The van der Waals surface area contributed by atoms with Crippen LogP contribution in [0.15, 0.2) is 22.7 Å². The minimum atomic E-state index is -0.349. The Kier molecular flexibility index (Phi) is 5.86. The van der Waals surface area contributed by atoms with Gasteiger partial charge in [-0.05, 0) is 53.1 Å². The highest BCUT2D eigenvalue weighted by Crippen LogP contribution is 2.28. The quantitative estimate of drug-likeness (QED) is 0.635. The molecule has 0 saturated heterocycles. The van der Waals surface area contributed by atoms with Gasteiger partial charge in [0, 0.05) is 23.9 Å². The lowest BCUT2D eigenvalue weighted by Crippen LogP contribution is -2.34. The number of halogens is 1. The van der Waals surface area contributed by atoms with Crippen molar-refractivity contribution in [1.82, 2.24) is 5.32 Å². The molecule has 0 spiro atoms. The zero-order valence-electron chi connectivity index (χ0n) is 11.5. The first-order chi connectivity index (χ1) is 9.60. The first kappa shape index (κ1) is 15.8. The van der Waals surface area contributed by atoms with Crippen molar-refractivity contribution in [3.8, 4) is 0 Å². The molecule has 6 heteroatoms.